The van der Waals surface area contributed by atoms with Crippen LogP contribution in [0.15, 0.2) is 12.2 Å². The van der Waals surface area contributed by atoms with E-state index in [1.807, 2.05) is 0 Å². The van der Waals surface area contributed by atoms with Gasteiger partial charge in [-0.1, -0.05) is 32.9 Å². The Labute approximate surface area is 101 Å². The molecule has 0 saturated carbocycles. The second-order valence-corrected chi connectivity index (χ2v) is 4.66. The largest absolute Gasteiger partial charge is 0.356 e. The lowest BCUT2D eigenvalue weighted by Gasteiger charge is -2.06. The molecule has 2 heteroatoms. The lowest BCUT2D eigenvalue weighted by Crippen LogP contribution is -2.24. The summed E-state index contributed by atoms with van der Waals surface area (Å²) >= 11 is 0. The maximum atomic E-state index is 11.4. The minimum Gasteiger partial charge on any atom is -0.356 e. The molecule has 94 valence electrons. The smallest absolute Gasteiger partial charge is 0.220 e. The van der Waals surface area contributed by atoms with Gasteiger partial charge < -0.3 is 5.32 Å². The molecule has 0 fully saturated rings. The average molecular weight is 225 g/mol. The predicted molar refractivity (Wildman–Crippen MR) is 70.4 cm³/mol. The Balaban J connectivity index is 3.24. The standard InChI is InChI=1S/C14H27NO/c1-4-5-6-7-8-9-12-15-14(16)11-10-13(2)3/h5-6,13H,4,7-12H2,1-3H3,(H,15,16)/b6-5-. The summed E-state index contributed by atoms with van der Waals surface area (Å²) in [6.07, 6.45) is 10.6. The van der Waals surface area contributed by atoms with Crippen molar-refractivity contribution < 1.29 is 4.79 Å². The van der Waals surface area contributed by atoms with Crippen molar-refractivity contribution in [3.63, 3.8) is 0 Å². The molecule has 1 N–H and O–H groups in total. The molecule has 0 aliphatic rings. The van der Waals surface area contributed by atoms with Gasteiger partial charge in [-0.15, -0.1) is 0 Å². The Morgan fingerprint density at radius 2 is 2.00 bits per heavy atom. The number of carbonyl (C=O) groups excluding carboxylic acids is 1. The van der Waals surface area contributed by atoms with E-state index in [0.717, 1.165) is 32.2 Å². The number of unbranched alkanes of at least 4 members (excludes halogenated alkanes) is 2. The number of rotatable bonds is 9. The molecule has 0 heterocycles. The van der Waals surface area contributed by atoms with Gasteiger partial charge in [0.1, 0.15) is 0 Å². The number of nitrogens with one attached hydrogen (secondary N) is 1. The summed E-state index contributed by atoms with van der Waals surface area (Å²) in [5.74, 6) is 0.822. The summed E-state index contributed by atoms with van der Waals surface area (Å²) in [7, 11) is 0. The topological polar surface area (TPSA) is 29.1 Å². The fourth-order valence-corrected chi connectivity index (χ4v) is 1.41. The number of amides is 1. The van der Waals surface area contributed by atoms with Crippen LogP contribution in [0.2, 0.25) is 0 Å². The van der Waals surface area contributed by atoms with Gasteiger partial charge in [0.05, 0.1) is 0 Å². The summed E-state index contributed by atoms with van der Waals surface area (Å²) < 4.78 is 0. The van der Waals surface area contributed by atoms with Gasteiger partial charge in [-0.05, 0) is 38.0 Å². The summed E-state index contributed by atoms with van der Waals surface area (Å²) in [6.45, 7) is 7.27. The molecular weight excluding hydrogens is 198 g/mol. The zero-order valence-corrected chi connectivity index (χ0v) is 11.1. The van der Waals surface area contributed by atoms with Gasteiger partial charge in [-0.3, -0.25) is 4.79 Å². The Kier molecular flexibility index (Phi) is 10.2. The molecule has 0 aromatic heterocycles. The normalized spacial score (nSPS) is 11.2. The van der Waals surface area contributed by atoms with Gasteiger partial charge in [0.15, 0.2) is 0 Å². The van der Waals surface area contributed by atoms with Crippen molar-refractivity contribution in [2.24, 2.45) is 5.92 Å². The van der Waals surface area contributed by atoms with E-state index in [4.69, 9.17) is 0 Å². The van der Waals surface area contributed by atoms with Crippen molar-refractivity contribution in [1.82, 2.24) is 5.32 Å². The van der Waals surface area contributed by atoms with Crippen molar-refractivity contribution >= 4 is 5.91 Å². The summed E-state index contributed by atoms with van der Waals surface area (Å²) in [5.41, 5.74) is 0. The molecule has 16 heavy (non-hydrogen) atoms. The molecular formula is C14H27NO. The zero-order chi connectivity index (χ0) is 12.2. The van der Waals surface area contributed by atoms with E-state index in [0.29, 0.717) is 12.3 Å². The number of allylic oxidation sites excluding steroid dienone is 2. The van der Waals surface area contributed by atoms with Crippen molar-refractivity contribution in [2.45, 2.75) is 59.3 Å². The predicted octanol–water partition coefficient (Wildman–Crippen LogP) is 3.68. The van der Waals surface area contributed by atoms with Crippen LogP contribution in [0, 0.1) is 5.92 Å². The lowest BCUT2D eigenvalue weighted by molar-refractivity contribution is -0.121. The molecule has 2 nitrogen and oxygen atoms in total. The van der Waals surface area contributed by atoms with E-state index in [2.05, 4.69) is 38.2 Å². The van der Waals surface area contributed by atoms with Gasteiger partial charge in [-0.2, -0.15) is 0 Å². The van der Waals surface area contributed by atoms with Crippen molar-refractivity contribution in [3.8, 4) is 0 Å². The lowest BCUT2D eigenvalue weighted by atomic mass is 10.1. The first kappa shape index (κ1) is 15.2. The monoisotopic (exact) mass is 225 g/mol. The molecule has 1 amide bonds. The molecule has 0 unspecified atom stereocenters. The van der Waals surface area contributed by atoms with Crippen LogP contribution >= 0.6 is 0 Å². The minimum atomic E-state index is 0.206. The number of hydrogen-bond acceptors (Lipinski definition) is 1. The van der Waals surface area contributed by atoms with Crippen LogP contribution in [0.5, 0.6) is 0 Å². The van der Waals surface area contributed by atoms with Crippen LogP contribution in [0.1, 0.15) is 59.3 Å². The molecule has 0 spiro atoms. The third-order valence-corrected chi connectivity index (χ3v) is 2.47. The van der Waals surface area contributed by atoms with E-state index < -0.39 is 0 Å². The van der Waals surface area contributed by atoms with Gasteiger partial charge in [0, 0.05) is 13.0 Å². The van der Waals surface area contributed by atoms with Crippen LogP contribution in [0.3, 0.4) is 0 Å². The maximum absolute atomic E-state index is 11.4. The van der Waals surface area contributed by atoms with Gasteiger partial charge in [0.25, 0.3) is 0 Å². The van der Waals surface area contributed by atoms with Crippen LogP contribution in [-0.2, 0) is 4.79 Å². The number of carbonyl (C=O) groups is 1. The Morgan fingerprint density at radius 1 is 1.25 bits per heavy atom. The molecule has 0 aliphatic heterocycles. The van der Waals surface area contributed by atoms with Crippen molar-refractivity contribution in [2.75, 3.05) is 6.54 Å². The fraction of sp³-hybridized carbons (Fsp3) is 0.786. The summed E-state index contributed by atoms with van der Waals surface area (Å²) in [6, 6.07) is 0. The summed E-state index contributed by atoms with van der Waals surface area (Å²) in [4.78, 5) is 11.4. The minimum absolute atomic E-state index is 0.206. The summed E-state index contributed by atoms with van der Waals surface area (Å²) in [5, 5.41) is 2.97. The van der Waals surface area contributed by atoms with Crippen LogP contribution in [-0.4, -0.2) is 12.5 Å². The van der Waals surface area contributed by atoms with E-state index >= 15 is 0 Å². The van der Waals surface area contributed by atoms with E-state index in [-0.39, 0.29) is 5.91 Å². The first-order valence-electron chi connectivity index (χ1n) is 6.58. The van der Waals surface area contributed by atoms with E-state index in [1.54, 1.807) is 0 Å². The first-order valence-corrected chi connectivity index (χ1v) is 6.58. The molecule has 0 saturated heterocycles. The molecule has 0 bridgehead atoms. The highest BCUT2D eigenvalue weighted by Crippen LogP contribution is 2.03. The molecule has 0 aliphatic carbocycles. The van der Waals surface area contributed by atoms with Crippen molar-refractivity contribution in [3.05, 3.63) is 12.2 Å². The third-order valence-electron chi connectivity index (χ3n) is 2.47. The van der Waals surface area contributed by atoms with Gasteiger partial charge in [-0.25, -0.2) is 0 Å². The molecule has 0 atom stereocenters. The quantitative estimate of drug-likeness (QED) is 0.471. The highest BCUT2D eigenvalue weighted by molar-refractivity contribution is 5.75. The molecule has 0 rings (SSSR count). The second kappa shape index (κ2) is 10.7. The van der Waals surface area contributed by atoms with Crippen LogP contribution < -0.4 is 5.32 Å². The highest BCUT2D eigenvalue weighted by Gasteiger charge is 2.01. The van der Waals surface area contributed by atoms with Crippen LogP contribution in [0.4, 0.5) is 0 Å². The fourth-order valence-electron chi connectivity index (χ4n) is 1.41. The molecule has 0 aromatic carbocycles. The van der Waals surface area contributed by atoms with Gasteiger partial charge >= 0.3 is 0 Å². The zero-order valence-electron chi connectivity index (χ0n) is 11.1. The Bertz CT molecular complexity index is 197. The van der Waals surface area contributed by atoms with Gasteiger partial charge in [0.2, 0.25) is 5.91 Å². The van der Waals surface area contributed by atoms with E-state index in [1.165, 1.54) is 6.42 Å². The number of hydrogen-bond donors (Lipinski definition) is 1. The second-order valence-electron chi connectivity index (χ2n) is 4.66. The Hall–Kier alpha value is -0.790. The Morgan fingerprint density at radius 3 is 2.62 bits per heavy atom. The molecule has 0 radical (unpaired) electrons. The van der Waals surface area contributed by atoms with E-state index in [9.17, 15) is 4.79 Å². The molecule has 0 aromatic rings. The first-order chi connectivity index (χ1) is 7.66. The average Bonchev–Trinajstić information content (AvgIpc) is 2.25. The van der Waals surface area contributed by atoms with Crippen LogP contribution in [0.25, 0.3) is 0 Å². The highest BCUT2D eigenvalue weighted by atomic mass is 16.1. The third kappa shape index (κ3) is 11.3. The maximum Gasteiger partial charge on any atom is 0.220 e. The van der Waals surface area contributed by atoms with Crippen molar-refractivity contribution in [1.29, 1.82) is 0 Å². The SMILES string of the molecule is CC/C=C\CCCCNC(=O)CCC(C)C.